The largest absolute Gasteiger partial charge is 0.320 e. The van der Waals surface area contributed by atoms with Crippen LogP contribution in [0.15, 0.2) is 48.0 Å². The first-order valence-electron chi connectivity index (χ1n) is 8.19. The van der Waals surface area contributed by atoms with Crippen molar-refractivity contribution in [1.82, 2.24) is 9.78 Å². The number of nitrogens with one attached hydrogen (secondary N) is 1. The molecule has 0 saturated carbocycles. The molecule has 29 heavy (non-hydrogen) atoms. The Morgan fingerprint density at radius 2 is 1.86 bits per heavy atom. The fraction of sp³-hybridized carbons (Fsp3) is 0.0500. The van der Waals surface area contributed by atoms with E-state index >= 15 is 0 Å². The summed E-state index contributed by atoms with van der Waals surface area (Å²) >= 11 is 24.5. The zero-order chi connectivity index (χ0) is 21.1. The minimum atomic E-state index is -0.650. The first-order chi connectivity index (χ1) is 13.8. The molecular weight excluding hydrogens is 454 g/mol. The molecule has 0 bridgehead atoms. The third-order valence-corrected chi connectivity index (χ3v) is 5.09. The number of amides is 1. The van der Waals surface area contributed by atoms with Gasteiger partial charge in [-0.15, -0.1) is 0 Å². The molecular formula is C20H12Cl4N4O. The van der Waals surface area contributed by atoms with E-state index in [-0.39, 0.29) is 10.7 Å². The van der Waals surface area contributed by atoms with E-state index in [1.54, 1.807) is 43.3 Å². The molecule has 0 saturated heterocycles. The third kappa shape index (κ3) is 4.75. The van der Waals surface area contributed by atoms with Crippen molar-refractivity contribution in [3.05, 3.63) is 79.5 Å². The molecule has 2 aromatic carbocycles. The van der Waals surface area contributed by atoms with E-state index in [4.69, 9.17) is 46.4 Å². The summed E-state index contributed by atoms with van der Waals surface area (Å²) in [5.41, 5.74) is 1.75. The first kappa shape index (κ1) is 21.2. The van der Waals surface area contributed by atoms with Gasteiger partial charge in [-0.05, 0) is 49.4 Å². The van der Waals surface area contributed by atoms with E-state index in [0.29, 0.717) is 37.7 Å². The number of carbonyl (C=O) groups is 1. The maximum absolute atomic E-state index is 12.6. The highest BCUT2D eigenvalue weighted by Gasteiger charge is 2.17. The molecule has 0 fully saturated rings. The summed E-state index contributed by atoms with van der Waals surface area (Å²) in [6.45, 7) is 1.72. The van der Waals surface area contributed by atoms with Crippen LogP contribution in [0.5, 0.6) is 0 Å². The van der Waals surface area contributed by atoms with Gasteiger partial charge >= 0.3 is 0 Å². The highest BCUT2D eigenvalue weighted by atomic mass is 35.5. The molecule has 3 aromatic rings. The van der Waals surface area contributed by atoms with Gasteiger partial charge in [-0.3, -0.25) is 4.79 Å². The topological polar surface area (TPSA) is 70.7 Å². The SMILES string of the molecule is Cc1nn(-c2cccc(Cl)c2)c(Cl)c1C=C(C#N)C(=O)Nc1cc(Cl)ccc1Cl. The number of benzene rings is 2. The van der Waals surface area contributed by atoms with Gasteiger partial charge in [0.1, 0.15) is 16.8 Å². The molecule has 0 atom stereocenters. The van der Waals surface area contributed by atoms with E-state index in [1.165, 1.54) is 16.8 Å². The van der Waals surface area contributed by atoms with Crippen molar-refractivity contribution in [3.8, 4) is 11.8 Å². The lowest BCUT2D eigenvalue weighted by atomic mass is 10.1. The molecule has 0 aliphatic heterocycles. The summed E-state index contributed by atoms with van der Waals surface area (Å²) in [5, 5.41) is 17.9. The van der Waals surface area contributed by atoms with Crippen LogP contribution < -0.4 is 5.32 Å². The lowest BCUT2D eigenvalue weighted by molar-refractivity contribution is -0.112. The zero-order valence-corrected chi connectivity index (χ0v) is 17.9. The molecule has 0 aliphatic rings. The maximum Gasteiger partial charge on any atom is 0.266 e. The highest BCUT2D eigenvalue weighted by Crippen LogP contribution is 2.28. The predicted octanol–water partition coefficient (Wildman–Crippen LogP) is 6.34. The summed E-state index contributed by atoms with van der Waals surface area (Å²) in [7, 11) is 0. The number of nitrogens with zero attached hydrogens (tertiary/aromatic N) is 3. The van der Waals surface area contributed by atoms with E-state index < -0.39 is 5.91 Å². The second kappa shape index (κ2) is 8.89. The summed E-state index contributed by atoms with van der Waals surface area (Å²) < 4.78 is 1.48. The van der Waals surface area contributed by atoms with Crippen molar-refractivity contribution in [2.75, 3.05) is 5.32 Å². The summed E-state index contributed by atoms with van der Waals surface area (Å²) in [4.78, 5) is 12.6. The van der Waals surface area contributed by atoms with Crippen molar-refractivity contribution in [1.29, 1.82) is 5.26 Å². The Morgan fingerprint density at radius 1 is 1.14 bits per heavy atom. The Labute approximate surface area is 187 Å². The van der Waals surface area contributed by atoms with Crippen LogP contribution in [0.2, 0.25) is 20.2 Å². The van der Waals surface area contributed by atoms with Crippen molar-refractivity contribution in [3.63, 3.8) is 0 Å². The number of rotatable bonds is 4. The molecule has 5 nitrogen and oxygen atoms in total. The number of nitriles is 1. The second-order valence-corrected chi connectivity index (χ2v) is 7.57. The number of aryl methyl sites for hydroxylation is 1. The van der Waals surface area contributed by atoms with Gasteiger partial charge in [-0.25, -0.2) is 4.68 Å². The molecule has 3 rings (SSSR count). The first-order valence-corrected chi connectivity index (χ1v) is 9.70. The highest BCUT2D eigenvalue weighted by molar-refractivity contribution is 6.36. The van der Waals surface area contributed by atoms with Crippen molar-refractivity contribution in [2.24, 2.45) is 0 Å². The average molecular weight is 466 g/mol. The summed E-state index contributed by atoms with van der Waals surface area (Å²) in [6.07, 6.45) is 1.37. The van der Waals surface area contributed by atoms with Crippen LogP contribution in [0.1, 0.15) is 11.3 Å². The van der Waals surface area contributed by atoms with Gasteiger partial charge in [0.15, 0.2) is 0 Å². The van der Waals surface area contributed by atoms with Crippen molar-refractivity contribution >= 4 is 64.1 Å². The second-order valence-electron chi connectivity index (χ2n) is 5.93. The lowest BCUT2D eigenvalue weighted by Gasteiger charge is -2.07. The number of aromatic nitrogens is 2. The Morgan fingerprint density at radius 3 is 2.55 bits per heavy atom. The van der Waals surface area contributed by atoms with Crippen LogP contribution >= 0.6 is 46.4 Å². The predicted molar refractivity (Wildman–Crippen MR) is 117 cm³/mol. The Kier molecular flexibility index (Phi) is 6.51. The van der Waals surface area contributed by atoms with E-state index in [0.717, 1.165) is 0 Å². The van der Waals surface area contributed by atoms with Crippen LogP contribution in [-0.2, 0) is 4.79 Å². The third-order valence-electron chi connectivity index (χ3n) is 3.93. The summed E-state index contributed by atoms with van der Waals surface area (Å²) in [6, 6.07) is 13.5. The smallest absolute Gasteiger partial charge is 0.266 e. The summed E-state index contributed by atoms with van der Waals surface area (Å²) in [5.74, 6) is -0.650. The fourth-order valence-corrected chi connectivity index (χ4v) is 3.38. The molecule has 1 amide bonds. The molecule has 1 aromatic heterocycles. The fourth-order valence-electron chi connectivity index (χ4n) is 2.53. The van der Waals surface area contributed by atoms with Crippen LogP contribution in [-0.4, -0.2) is 15.7 Å². The molecule has 1 N–H and O–H groups in total. The van der Waals surface area contributed by atoms with E-state index in [2.05, 4.69) is 10.4 Å². The number of halogens is 4. The van der Waals surface area contributed by atoms with Gasteiger partial charge < -0.3 is 5.32 Å². The van der Waals surface area contributed by atoms with Gasteiger partial charge in [0, 0.05) is 15.6 Å². The monoisotopic (exact) mass is 464 g/mol. The van der Waals surface area contributed by atoms with Crippen molar-refractivity contribution in [2.45, 2.75) is 6.92 Å². The lowest BCUT2D eigenvalue weighted by Crippen LogP contribution is -2.13. The van der Waals surface area contributed by atoms with Gasteiger partial charge in [0.25, 0.3) is 5.91 Å². The Hall–Kier alpha value is -2.49. The number of anilines is 1. The van der Waals surface area contributed by atoms with E-state index in [1.807, 2.05) is 6.07 Å². The van der Waals surface area contributed by atoms with Crippen LogP contribution in [0.25, 0.3) is 11.8 Å². The Bertz CT molecular complexity index is 1180. The van der Waals surface area contributed by atoms with E-state index in [9.17, 15) is 10.1 Å². The molecule has 9 heteroatoms. The normalized spacial score (nSPS) is 11.2. The molecule has 0 unspecified atom stereocenters. The number of hydrogen-bond donors (Lipinski definition) is 1. The number of carbonyl (C=O) groups excluding carboxylic acids is 1. The van der Waals surface area contributed by atoms with Crippen LogP contribution in [0, 0.1) is 18.3 Å². The molecule has 0 spiro atoms. The zero-order valence-electron chi connectivity index (χ0n) is 14.9. The number of hydrogen-bond acceptors (Lipinski definition) is 3. The van der Waals surface area contributed by atoms with Gasteiger partial charge in [-0.2, -0.15) is 10.4 Å². The van der Waals surface area contributed by atoms with Gasteiger partial charge in [-0.1, -0.05) is 52.5 Å². The quantitative estimate of drug-likeness (QED) is 0.361. The minimum absolute atomic E-state index is 0.170. The van der Waals surface area contributed by atoms with Gasteiger partial charge in [0.05, 0.1) is 22.1 Å². The maximum atomic E-state index is 12.6. The standard InChI is InChI=1S/C20H12Cl4N4O/c1-11-16(19(24)28(27-11)15-4-2-3-13(21)8-15)7-12(10-25)20(29)26-18-9-14(22)5-6-17(18)23/h2-9H,1H3,(H,26,29). The minimum Gasteiger partial charge on any atom is -0.320 e. The average Bonchev–Trinajstić information content (AvgIpc) is 2.96. The van der Waals surface area contributed by atoms with Crippen LogP contribution in [0.4, 0.5) is 5.69 Å². The Balaban J connectivity index is 1.96. The molecule has 0 radical (unpaired) electrons. The molecule has 1 heterocycles. The molecule has 0 aliphatic carbocycles. The molecule has 146 valence electrons. The van der Waals surface area contributed by atoms with Crippen molar-refractivity contribution < 1.29 is 4.79 Å². The van der Waals surface area contributed by atoms with Crippen LogP contribution in [0.3, 0.4) is 0 Å². The van der Waals surface area contributed by atoms with Gasteiger partial charge in [0.2, 0.25) is 0 Å².